The van der Waals surface area contributed by atoms with Crippen molar-refractivity contribution in [3.05, 3.63) is 6.92 Å². The van der Waals surface area contributed by atoms with E-state index in [9.17, 15) is 0 Å². The molecule has 0 bridgehead atoms. The van der Waals surface area contributed by atoms with E-state index in [2.05, 4.69) is 20.8 Å². The summed E-state index contributed by atoms with van der Waals surface area (Å²) in [6.07, 6.45) is 58.6. The Labute approximate surface area is 282 Å². The van der Waals surface area contributed by atoms with Gasteiger partial charge in [-0.2, -0.15) is 0 Å². The summed E-state index contributed by atoms with van der Waals surface area (Å²) in [5.41, 5.74) is 0. The fourth-order valence-electron chi connectivity index (χ4n) is 7.36. The van der Waals surface area contributed by atoms with E-state index in [-0.39, 0.29) is 0 Å². The quantitative estimate of drug-likeness (QED) is 0.0600. The minimum Gasteiger partial charge on any atom is -0.0654 e. The van der Waals surface area contributed by atoms with Crippen LogP contribution in [0.4, 0.5) is 0 Å². The largest absolute Gasteiger partial charge is 0.0654 e. The van der Waals surface area contributed by atoms with E-state index in [0.717, 1.165) is 12.3 Å². The Morgan fingerprint density at radius 2 is 0.432 bits per heavy atom. The van der Waals surface area contributed by atoms with Crippen LogP contribution in [0.3, 0.4) is 0 Å². The minimum absolute atomic E-state index is 0.995. The molecule has 0 saturated heterocycles. The van der Waals surface area contributed by atoms with Crippen LogP contribution in [-0.2, 0) is 0 Å². The van der Waals surface area contributed by atoms with Crippen molar-refractivity contribution in [1.82, 2.24) is 0 Å². The molecule has 44 heavy (non-hydrogen) atoms. The van der Waals surface area contributed by atoms with Crippen LogP contribution in [0.2, 0.25) is 0 Å². The zero-order chi connectivity index (χ0) is 31.9. The highest BCUT2D eigenvalue weighted by atomic mass is 14.1. The van der Waals surface area contributed by atoms with E-state index >= 15 is 0 Å². The van der Waals surface area contributed by atoms with Gasteiger partial charge in [0, 0.05) is 0 Å². The van der Waals surface area contributed by atoms with E-state index in [1.807, 2.05) is 0 Å². The zero-order valence-corrected chi connectivity index (χ0v) is 31.6. The molecule has 0 aromatic heterocycles. The van der Waals surface area contributed by atoms with Crippen molar-refractivity contribution in [2.45, 2.75) is 271 Å². The number of hydrogen-bond donors (Lipinski definition) is 0. The lowest BCUT2D eigenvalue weighted by Crippen LogP contribution is -2.01. The monoisotopic (exact) mass is 618 g/mol. The van der Waals surface area contributed by atoms with Crippen LogP contribution in [0.1, 0.15) is 271 Å². The predicted octanol–water partition coefficient (Wildman–Crippen LogP) is 17.1. The summed E-state index contributed by atoms with van der Waals surface area (Å²) < 4.78 is 0. The highest BCUT2D eigenvalue weighted by Crippen LogP contribution is 2.24. The molecule has 0 rings (SSSR count). The van der Waals surface area contributed by atoms with Crippen molar-refractivity contribution in [3.8, 4) is 0 Å². The molecular formula is C44H89. The molecule has 1 radical (unpaired) electrons. The summed E-state index contributed by atoms with van der Waals surface area (Å²) in [7, 11) is 0. The summed E-state index contributed by atoms with van der Waals surface area (Å²) in [4.78, 5) is 0. The van der Waals surface area contributed by atoms with Crippen LogP contribution in [-0.4, -0.2) is 0 Å². The molecule has 0 nitrogen and oxygen atoms in total. The average molecular weight is 618 g/mol. The second-order valence-corrected chi connectivity index (χ2v) is 15.1. The number of rotatable bonds is 40. The molecule has 0 aliphatic heterocycles. The molecule has 0 aliphatic carbocycles. The Hall–Kier alpha value is 0. The molecule has 0 heteroatoms. The van der Waals surface area contributed by atoms with Crippen molar-refractivity contribution >= 4 is 0 Å². The molecule has 0 amide bonds. The van der Waals surface area contributed by atoms with Crippen LogP contribution in [0, 0.1) is 12.8 Å². The van der Waals surface area contributed by atoms with Gasteiger partial charge in [0.05, 0.1) is 0 Å². The normalized spacial score (nSPS) is 12.3. The van der Waals surface area contributed by atoms with Gasteiger partial charge in [-0.1, -0.05) is 278 Å². The first-order chi connectivity index (χ1) is 21.8. The first kappa shape index (κ1) is 44.0. The third-order valence-corrected chi connectivity index (χ3v) is 10.5. The third-order valence-electron chi connectivity index (χ3n) is 10.5. The lowest BCUT2D eigenvalue weighted by atomic mass is 9.90. The maximum Gasteiger partial charge on any atom is -0.0414 e. The molecule has 265 valence electrons. The van der Waals surface area contributed by atoms with Gasteiger partial charge in [-0.25, -0.2) is 0 Å². The standard InChI is InChI=1S/C44H89/c1-4-7-10-12-14-16-18-20-22-23-24-25-26-27-28-30-32-34-36-38-40-43-44(41-9-6-3)42-39-37-35-33-31-29-21-19-17-15-13-11-8-5-2/h44H,3-43H2,1-2H3. The van der Waals surface area contributed by atoms with Gasteiger partial charge in [0.1, 0.15) is 0 Å². The van der Waals surface area contributed by atoms with Gasteiger partial charge in [-0.05, 0) is 5.92 Å². The smallest absolute Gasteiger partial charge is 0.0414 e. The van der Waals surface area contributed by atoms with Crippen molar-refractivity contribution in [2.24, 2.45) is 5.92 Å². The van der Waals surface area contributed by atoms with Gasteiger partial charge in [-0.15, -0.1) is 0 Å². The molecule has 0 N–H and O–H groups in total. The Balaban J connectivity index is 3.41. The number of unbranched alkanes of at least 4 members (excludes halogenated alkanes) is 34. The second kappa shape index (κ2) is 41.0. The average Bonchev–Trinajstić information content (AvgIpc) is 3.04. The Kier molecular flexibility index (Phi) is 41.0. The van der Waals surface area contributed by atoms with Crippen molar-refractivity contribution in [3.63, 3.8) is 0 Å². The Bertz CT molecular complexity index is 467. The fraction of sp³-hybridized carbons (Fsp3) is 0.977. The van der Waals surface area contributed by atoms with Crippen molar-refractivity contribution in [1.29, 1.82) is 0 Å². The molecule has 0 aromatic rings. The Morgan fingerprint density at radius 3 is 0.636 bits per heavy atom. The van der Waals surface area contributed by atoms with Gasteiger partial charge >= 0.3 is 0 Å². The molecule has 0 fully saturated rings. The Morgan fingerprint density at radius 1 is 0.250 bits per heavy atom. The molecular weight excluding hydrogens is 528 g/mol. The molecule has 1 unspecified atom stereocenters. The van der Waals surface area contributed by atoms with Gasteiger partial charge in [-0.3, -0.25) is 0 Å². The molecule has 0 aliphatic rings. The summed E-state index contributed by atoms with van der Waals surface area (Å²) in [5, 5.41) is 0. The molecule has 0 aromatic carbocycles. The molecule has 0 spiro atoms. The van der Waals surface area contributed by atoms with Crippen LogP contribution < -0.4 is 0 Å². The fourth-order valence-corrected chi connectivity index (χ4v) is 7.36. The molecule has 0 saturated carbocycles. The SMILES string of the molecule is [CH2]CCCC(CCCCCCCCCCCCCCCC)CCCCCCCCCCCCCCCCCCCCCCC. The van der Waals surface area contributed by atoms with E-state index < -0.39 is 0 Å². The maximum atomic E-state index is 4.12. The van der Waals surface area contributed by atoms with Crippen molar-refractivity contribution < 1.29 is 0 Å². The highest BCUT2D eigenvalue weighted by Gasteiger charge is 2.08. The third kappa shape index (κ3) is 38.2. The van der Waals surface area contributed by atoms with E-state index in [1.165, 1.54) is 250 Å². The first-order valence-electron chi connectivity index (χ1n) is 21.6. The van der Waals surface area contributed by atoms with Crippen LogP contribution in [0.5, 0.6) is 0 Å². The van der Waals surface area contributed by atoms with Crippen LogP contribution >= 0.6 is 0 Å². The summed E-state index contributed by atoms with van der Waals surface area (Å²) in [6.45, 7) is 8.75. The van der Waals surface area contributed by atoms with Gasteiger partial charge in [0.25, 0.3) is 0 Å². The lowest BCUT2D eigenvalue weighted by molar-refractivity contribution is 0.372. The second-order valence-electron chi connectivity index (χ2n) is 15.1. The lowest BCUT2D eigenvalue weighted by Gasteiger charge is -2.16. The van der Waals surface area contributed by atoms with Gasteiger partial charge < -0.3 is 0 Å². The van der Waals surface area contributed by atoms with E-state index in [1.54, 1.807) is 0 Å². The van der Waals surface area contributed by atoms with Crippen molar-refractivity contribution in [2.75, 3.05) is 0 Å². The van der Waals surface area contributed by atoms with E-state index in [4.69, 9.17) is 0 Å². The minimum atomic E-state index is 0.995. The van der Waals surface area contributed by atoms with Crippen LogP contribution in [0.15, 0.2) is 0 Å². The van der Waals surface area contributed by atoms with E-state index in [0.29, 0.717) is 0 Å². The summed E-state index contributed by atoms with van der Waals surface area (Å²) in [6, 6.07) is 0. The maximum absolute atomic E-state index is 4.12. The zero-order valence-electron chi connectivity index (χ0n) is 31.6. The first-order valence-corrected chi connectivity index (χ1v) is 21.6. The summed E-state index contributed by atoms with van der Waals surface area (Å²) in [5.74, 6) is 0.995. The topological polar surface area (TPSA) is 0 Å². The molecule has 0 heterocycles. The van der Waals surface area contributed by atoms with Gasteiger partial charge in [0.2, 0.25) is 0 Å². The predicted molar refractivity (Wildman–Crippen MR) is 205 cm³/mol. The molecule has 1 atom stereocenters. The van der Waals surface area contributed by atoms with Crippen LogP contribution in [0.25, 0.3) is 0 Å². The van der Waals surface area contributed by atoms with Gasteiger partial charge in [0.15, 0.2) is 0 Å². The summed E-state index contributed by atoms with van der Waals surface area (Å²) >= 11 is 0. The highest BCUT2D eigenvalue weighted by molar-refractivity contribution is 4.62. The number of hydrogen-bond acceptors (Lipinski definition) is 0.